The molecule has 0 aliphatic carbocycles. The first-order valence-electron chi connectivity index (χ1n) is 6.10. The number of carbonyl (C=O) groups excluding carboxylic acids is 3. The molecular weight excluding hydrogens is 262 g/mol. The van der Waals surface area contributed by atoms with Gasteiger partial charge in [-0.05, 0) is 25.5 Å². The van der Waals surface area contributed by atoms with Crippen LogP contribution in [-0.4, -0.2) is 55.5 Å². The number of carbonyl (C=O) groups is 3. The molecule has 0 rings (SSSR count). The second-order valence-electron chi connectivity index (χ2n) is 5.26. The molecule has 6 nitrogen and oxygen atoms in total. The van der Waals surface area contributed by atoms with Crippen LogP contribution in [0.5, 0.6) is 0 Å². The van der Waals surface area contributed by atoms with Gasteiger partial charge < -0.3 is 19.1 Å². The number of quaternary nitrogens is 1. The molecule has 0 aliphatic heterocycles. The second kappa shape index (κ2) is 6.47. The highest BCUT2D eigenvalue weighted by atomic mass is 16.5. The Morgan fingerprint density at radius 3 is 2.10 bits per heavy atom. The summed E-state index contributed by atoms with van der Waals surface area (Å²) in [6.07, 6.45) is 1.95. The molecule has 0 N–H and O–H groups in total. The molecule has 0 aliphatic rings. The van der Waals surface area contributed by atoms with Gasteiger partial charge in [-0.2, -0.15) is 0 Å². The number of ketones is 1. The second-order valence-corrected chi connectivity index (χ2v) is 5.26. The Kier molecular flexibility index (Phi) is 5.84. The van der Waals surface area contributed by atoms with Gasteiger partial charge in [0.1, 0.15) is 5.97 Å². The lowest BCUT2D eigenvalue weighted by Crippen LogP contribution is -2.69. The number of ether oxygens (including phenoxy) is 1. The number of hydrogen-bond acceptors (Lipinski definition) is 5. The van der Waals surface area contributed by atoms with Crippen molar-refractivity contribution in [1.82, 2.24) is 0 Å². The van der Waals surface area contributed by atoms with E-state index in [4.69, 9.17) is 4.74 Å². The molecule has 0 heterocycles. The fourth-order valence-corrected chi connectivity index (χ4v) is 1.74. The molecule has 0 amide bonds. The van der Waals surface area contributed by atoms with Crippen LogP contribution in [0.1, 0.15) is 13.8 Å². The maximum atomic E-state index is 12.3. The molecular formula is C14H21NO5. The molecule has 0 radical (unpaired) electrons. The lowest BCUT2D eigenvalue weighted by Gasteiger charge is -2.43. The molecule has 1 unspecified atom stereocenters. The Morgan fingerprint density at radius 1 is 1.30 bits per heavy atom. The molecule has 20 heavy (non-hydrogen) atoms. The summed E-state index contributed by atoms with van der Waals surface area (Å²) in [5, 5.41) is 11.6. The minimum Gasteiger partial charge on any atom is -0.543 e. The van der Waals surface area contributed by atoms with Crippen molar-refractivity contribution >= 4 is 17.7 Å². The van der Waals surface area contributed by atoms with Crippen molar-refractivity contribution in [1.29, 1.82) is 0 Å². The summed E-state index contributed by atoms with van der Waals surface area (Å²) in [7, 11) is 4.56. The number of carboxylic acids is 1. The third kappa shape index (κ3) is 3.54. The third-order valence-electron chi connectivity index (χ3n) is 2.85. The van der Waals surface area contributed by atoms with Gasteiger partial charge in [0.2, 0.25) is 11.3 Å². The first kappa shape index (κ1) is 18.0. The molecule has 0 saturated heterocycles. The Labute approximate surface area is 118 Å². The van der Waals surface area contributed by atoms with Gasteiger partial charge in [0.25, 0.3) is 0 Å². The van der Waals surface area contributed by atoms with E-state index in [2.05, 4.69) is 6.58 Å². The van der Waals surface area contributed by atoms with Gasteiger partial charge in [0, 0.05) is 6.08 Å². The predicted molar refractivity (Wildman–Crippen MR) is 71.4 cm³/mol. The molecule has 0 aromatic carbocycles. The number of esters is 1. The molecule has 0 aromatic heterocycles. The van der Waals surface area contributed by atoms with Gasteiger partial charge in [0.05, 0.1) is 27.7 Å². The SMILES string of the molecule is C=C(C)C(=O)C(C=CC(=O)OCC)(C(=O)[O-])[N+](C)(C)C. The van der Waals surface area contributed by atoms with E-state index in [0.29, 0.717) is 0 Å². The van der Waals surface area contributed by atoms with Crippen molar-refractivity contribution < 1.29 is 28.7 Å². The molecule has 0 aromatic rings. The van der Waals surface area contributed by atoms with E-state index in [1.165, 1.54) is 28.1 Å². The average molecular weight is 283 g/mol. The number of hydrogen-bond donors (Lipinski definition) is 0. The summed E-state index contributed by atoms with van der Waals surface area (Å²) in [4.78, 5) is 35.2. The molecule has 112 valence electrons. The van der Waals surface area contributed by atoms with E-state index in [1.807, 2.05) is 0 Å². The number of Topliss-reactive ketones (excluding diaryl/α,β-unsaturated/α-hetero) is 1. The first-order chi connectivity index (χ1) is 9.00. The van der Waals surface area contributed by atoms with Gasteiger partial charge in [-0.1, -0.05) is 6.58 Å². The van der Waals surface area contributed by atoms with E-state index in [1.54, 1.807) is 6.92 Å². The minimum atomic E-state index is -2.03. The van der Waals surface area contributed by atoms with Crippen LogP contribution in [0.15, 0.2) is 24.3 Å². The Bertz CT molecular complexity index is 459. The lowest BCUT2D eigenvalue weighted by atomic mass is 9.86. The smallest absolute Gasteiger partial charge is 0.330 e. The van der Waals surface area contributed by atoms with Gasteiger partial charge in [-0.3, -0.25) is 4.79 Å². The molecule has 6 heteroatoms. The Balaban J connectivity index is 5.92. The zero-order valence-electron chi connectivity index (χ0n) is 12.6. The number of rotatable bonds is 7. The van der Waals surface area contributed by atoms with Crippen LogP contribution < -0.4 is 5.11 Å². The number of likely N-dealkylation sites (N-methyl/N-ethyl adjacent to an activating group) is 1. The summed E-state index contributed by atoms with van der Waals surface area (Å²) >= 11 is 0. The van der Waals surface area contributed by atoms with Crippen molar-refractivity contribution in [3.05, 3.63) is 24.3 Å². The van der Waals surface area contributed by atoms with Crippen molar-refractivity contribution in [2.75, 3.05) is 27.7 Å². The van der Waals surface area contributed by atoms with Gasteiger partial charge in [-0.15, -0.1) is 0 Å². The summed E-state index contributed by atoms with van der Waals surface area (Å²) in [5.74, 6) is -3.04. The van der Waals surface area contributed by atoms with E-state index in [0.717, 1.165) is 12.2 Å². The summed E-state index contributed by atoms with van der Waals surface area (Å²) < 4.78 is 4.41. The summed E-state index contributed by atoms with van der Waals surface area (Å²) in [6, 6.07) is 0. The molecule has 1 atom stereocenters. The molecule has 0 fully saturated rings. The third-order valence-corrected chi connectivity index (χ3v) is 2.85. The number of nitrogens with zero attached hydrogens (tertiary/aromatic N) is 1. The van der Waals surface area contributed by atoms with Crippen LogP contribution >= 0.6 is 0 Å². The molecule has 0 bridgehead atoms. The van der Waals surface area contributed by atoms with E-state index in [9.17, 15) is 19.5 Å². The monoisotopic (exact) mass is 283 g/mol. The number of carboxylic acid groups (broad SMARTS) is 1. The lowest BCUT2D eigenvalue weighted by molar-refractivity contribution is -0.898. The van der Waals surface area contributed by atoms with Crippen LogP contribution in [0.2, 0.25) is 0 Å². The van der Waals surface area contributed by atoms with Crippen LogP contribution in [0, 0.1) is 0 Å². The summed E-state index contributed by atoms with van der Waals surface area (Å²) in [5.41, 5.74) is -1.96. The van der Waals surface area contributed by atoms with Gasteiger partial charge in [0.15, 0.2) is 0 Å². The minimum absolute atomic E-state index is 0.0655. The largest absolute Gasteiger partial charge is 0.543 e. The quantitative estimate of drug-likeness (QED) is 0.271. The normalized spacial score (nSPS) is 14.7. The fraction of sp³-hybridized carbons (Fsp3) is 0.500. The Hall–Kier alpha value is -1.95. The maximum absolute atomic E-state index is 12.3. The highest BCUT2D eigenvalue weighted by molar-refractivity contribution is 6.15. The zero-order chi connectivity index (χ0) is 16.1. The predicted octanol–water partition coefficient (Wildman–Crippen LogP) is -0.554. The molecule has 0 spiro atoms. The fourth-order valence-electron chi connectivity index (χ4n) is 1.74. The van der Waals surface area contributed by atoms with E-state index >= 15 is 0 Å². The zero-order valence-corrected chi connectivity index (χ0v) is 12.6. The van der Waals surface area contributed by atoms with Gasteiger partial charge >= 0.3 is 5.97 Å². The standard InChI is InChI=1S/C14H21NO5/c1-7-20-11(16)8-9-14(13(18)19,15(4,5)6)12(17)10(2)3/h8-9H,2,7H2,1,3-6H3. The summed E-state index contributed by atoms with van der Waals surface area (Å²) in [6.45, 7) is 6.66. The van der Waals surface area contributed by atoms with Crippen LogP contribution in [-0.2, 0) is 19.1 Å². The Morgan fingerprint density at radius 2 is 1.80 bits per heavy atom. The first-order valence-corrected chi connectivity index (χ1v) is 6.10. The van der Waals surface area contributed by atoms with Crippen molar-refractivity contribution in [3.63, 3.8) is 0 Å². The van der Waals surface area contributed by atoms with Gasteiger partial charge in [-0.25, -0.2) is 4.79 Å². The number of aliphatic carboxylic acids is 1. The molecule has 0 saturated carbocycles. The van der Waals surface area contributed by atoms with Crippen molar-refractivity contribution in [3.8, 4) is 0 Å². The van der Waals surface area contributed by atoms with Crippen LogP contribution in [0.25, 0.3) is 0 Å². The van der Waals surface area contributed by atoms with E-state index in [-0.39, 0.29) is 16.7 Å². The van der Waals surface area contributed by atoms with Crippen molar-refractivity contribution in [2.45, 2.75) is 19.4 Å². The van der Waals surface area contributed by atoms with Crippen LogP contribution in [0.3, 0.4) is 0 Å². The van der Waals surface area contributed by atoms with Crippen molar-refractivity contribution in [2.24, 2.45) is 0 Å². The maximum Gasteiger partial charge on any atom is 0.330 e. The average Bonchev–Trinajstić information content (AvgIpc) is 2.27. The van der Waals surface area contributed by atoms with E-state index < -0.39 is 23.3 Å². The van der Waals surface area contributed by atoms with Crippen LogP contribution in [0.4, 0.5) is 0 Å². The highest BCUT2D eigenvalue weighted by Gasteiger charge is 2.50. The topological polar surface area (TPSA) is 83.5 Å². The highest BCUT2D eigenvalue weighted by Crippen LogP contribution is 2.25.